The predicted molar refractivity (Wildman–Crippen MR) is 74.6 cm³/mol. The maximum atomic E-state index is 12.2. The maximum Gasteiger partial charge on any atom is 0.252 e. The molecule has 0 bridgehead atoms. The maximum absolute atomic E-state index is 12.2. The molecule has 0 spiro atoms. The molecule has 0 atom stereocenters. The zero-order valence-electron chi connectivity index (χ0n) is 11.1. The van der Waals surface area contributed by atoms with Gasteiger partial charge in [-0.2, -0.15) is 0 Å². The van der Waals surface area contributed by atoms with Crippen molar-refractivity contribution in [1.82, 2.24) is 9.71 Å². The molecule has 1 aliphatic rings. The predicted octanol–water partition coefficient (Wildman–Crippen LogP) is 1.13. The molecule has 2 rings (SSSR count). The number of thiazole rings is 1. The average Bonchev–Trinajstić information content (AvgIpc) is 3.03. The Kier molecular flexibility index (Phi) is 4.14. The monoisotopic (exact) mass is 305 g/mol. The molecule has 0 unspecified atom stereocenters. The minimum absolute atomic E-state index is 0.0766. The second-order valence-corrected chi connectivity index (χ2v) is 7.99. The average molecular weight is 305 g/mol. The molecular weight excluding hydrogens is 286 g/mol. The zero-order valence-corrected chi connectivity index (χ0v) is 12.7. The van der Waals surface area contributed by atoms with Crippen LogP contribution in [0.4, 0.5) is 5.13 Å². The molecule has 19 heavy (non-hydrogen) atoms. The second kappa shape index (κ2) is 5.35. The molecule has 0 aliphatic heterocycles. The van der Waals surface area contributed by atoms with Crippen molar-refractivity contribution in [3.63, 3.8) is 0 Å². The minimum Gasteiger partial charge on any atom is -0.385 e. The number of methoxy groups -OCH3 is 1. The fraction of sp³-hybridized carbons (Fsp3) is 0.727. The molecule has 6 nitrogen and oxygen atoms in total. The molecule has 1 heterocycles. The lowest BCUT2D eigenvalue weighted by atomic mass is 10.0. The highest BCUT2D eigenvalue weighted by atomic mass is 32.2. The van der Waals surface area contributed by atoms with Gasteiger partial charge in [0.2, 0.25) is 0 Å². The molecule has 0 radical (unpaired) electrons. The van der Waals surface area contributed by atoms with Crippen molar-refractivity contribution >= 4 is 26.5 Å². The van der Waals surface area contributed by atoms with E-state index in [0.717, 1.165) is 30.6 Å². The van der Waals surface area contributed by atoms with Gasteiger partial charge in [0.1, 0.15) is 0 Å². The number of sulfonamides is 1. The summed E-state index contributed by atoms with van der Waals surface area (Å²) in [7, 11) is -1.85. The molecule has 1 aromatic rings. The smallest absolute Gasteiger partial charge is 0.252 e. The lowest BCUT2D eigenvalue weighted by Crippen LogP contribution is -2.30. The van der Waals surface area contributed by atoms with Crippen LogP contribution in [0.2, 0.25) is 0 Å². The lowest BCUT2D eigenvalue weighted by Gasteiger charge is -2.15. The Bertz CT molecular complexity index is 550. The summed E-state index contributed by atoms with van der Waals surface area (Å²) in [6.45, 7) is 2.77. The number of hydrogen-bond acceptors (Lipinski definition) is 6. The molecule has 108 valence electrons. The van der Waals surface area contributed by atoms with Crippen molar-refractivity contribution in [2.75, 3.05) is 26.0 Å². The van der Waals surface area contributed by atoms with Crippen LogP contribution in [-0.2, 0) is 14.8 Å². The molecule has 1 aliphatic carbocycles. The summed E-state index contributed by atoms with van der Waals surface area (Å²) < 4.78 is 32.3. The van der Waals surface area contributed by atoms with E-state index in [0.29, 0.717) is 18.8 Å². The van der Waals surface area contributed by atoms with Crippen LogP contribution < -0.4 is 10.5 Å². The summed E-state index contributed by atoms with van der Waals surface area (Å²) >= 11 is 1.00. The lowest BCUT2D eigenvalue weighted by molar-refractivity contribution is 0.173. The first-order valence-corrected chi connectivity index (χ1v) is 8.40. The summed E-state index contributed by atoms with van der Waals surface area (Å²) in [4.78, 5) is 3.94. The third-order valence-electron chi connectivity index (χ3n) is 3.45. The molecule has 0 saturated heterocycles. The van der Waals surface area contributed by atoms with Crippen molar-refractivity contribution in [3.8, 4) is 0 Å². The third kappa shape index (κ3) is 3.44. The van der Waals surface area contributed by atoms with Gasteiger partial charge in [0.25, 0.3) is 10.0 Å². The van der Waals surface area contributed by atoms with E-state index in [1.165, 1.54) is 0 Å². The van der Waals surface area contributed by atoms with Crippen molar-refractivity contribution in [3.05, 3.63) is 5.69 Å². The van der Waals surface area contributed by atoms with Gasteiger partial charge >= 0.3 is 0 Å². The quantitative estimate of drug-likeness (QED) is 0.787. The fourth-order valence-electron chi connectivity index (χ4n) is 1.98. The number of aromatic nitrogens is 1. The SMILES string of the molecule is COCCC1(CNS(=O)(=O)c2sc(N)nc2C)CC1. The van der Waals surface area contributed by atoms with Crippen molar-refractivity contribution in [2.24, 2.45) is 5.41 Å². The number of nitrogens with two attached hydrogens (primary N) is 1. The Balaban J connectivity index is 2.01. The fourth-order valence-corrected chi connectivity index (χ4v) is 4.48. The van der Waals surface area contributed by atoms with E-state index < -0.39 is 10.0 Å². The molecule has 1 aromatic heterocycles. The number of nitrogens with one attached hydrogen (secondary N) is 1. The third-order valence-corrected chi connectivity index (χ3v) is 6.44. The van der Waals surface area contributed by atoms with Gasteiger partial charge in [0.05, 0.1) is 5.69 Å². The first kappa shape index (κ1) is 14.7. The normalized spacial score (nSPS) is 17.6. The van der Waals surface area contributed by atoms with Gasteiger partial charge in [0, 0.05) is 20.3 Å². The van der Waals surface area contributed by atoms with Crippen molar-refractivity contribution in [1.29, 1.82) is 0 Å². The first-order valence-electron chi connectivity index (χ1n) is 6.10. The van der Waals surface area contributed by atoms with Crippen LogP contribution in [0, 0.1) is 12.3 Å². The van der Waals surface area contributed by atoms with E-state index in [1.807, 2.05) is 0 Å². The first-order chi connectivity index (χ1) is 8.88. The van der Waals surface area contributed by atoms with Gasteiger partial charge in [-0.25, -0.2) is 18.1 Å². The molecule has 8 heteroatoms. The van der Waals surface area contributed by atoms with Gasteiger partial charge < -0.3 is 10.5 Å². The van der Waals surface area contributed by atoms with Gasteiger partial charge in [-0.3, -0.25) is 0 Å². The molecule has 1 saturated carbocycles. The Morgan fingerprint density at radius 2 is 2.21 bits per heavy atom. The highest BCUT2D eigenvalue weighted by Crippen LogP contribution is 2.48. The number of rotatable bonds is 7. The number of ether oxygens (including phenoxy) is 1. The summed E-state index contributed by atoms with van der Waals surface area (Å²) in [5.74, 6) is 0. The van der Waals surface area contributed by atoms with Crippen LogP contribution >= 0.6 is 11.3 Å². The Morgan fingerprint density at radius 1 is 1.53 bits per heavy atom. The topological polar surface area (TPSA) is 94.3 Å². The number of aryl methyl sites for hydroxylation is 1. The van der Waals surface area contributed by atoms with Crippen LogP contribution in [0.15, 0.2) is 4.21 Å². The van der Waals surface area contributed by atoms with E-state index in [2.05, 4.69) is 9.71 Å². The van der Waals surface area contributed by atoms with E-state index in [-0.39, 0.29) is 14.8 Å². The molecule has 3 N–H and O–H groups in total. The Labute approximate surface area is 117 Å². The van der Waals surface area contributed by atoms with Crippen molar-refractivity contribution < 1.29 is 13.2 Å². The standard InChI is InChI=1S/C11H19N3O3S2/c1-8-9(18-10(12)14-8)19(15,16)13-7-11(3-4-11)5-6-17-2/h13H,3-7H2,1-2H3,(H2,12,14). The van der Waals surface area contributed by atoms with Crippen LogP contribution in [0.1, 0.15) is 25.0 Å². The van der Waals surface area contributed by atoms with Gasteiger partial charge in [-0.1, -0.05) is 11.3 Å². The van der Waals surface area contributed by atoms with Crippen LogP contribution in [0.3, 0.4) is 0 Å². The van der Waals surface area contributed by atoms with Crippen molar-refractivity contribution in [2.45, 2.75) is 30.4 Å². The number of anilines is 1. The molecule has 1 fully saturated rings. The Hall–Kier alpha value is -0.700. The van der Waals surface area contributed by atoms with Gasteiger partial charge in [0.15, 0.2) is 9.34 Å². The van der Waals surface area contributed by atoms with E-state index in [4.69, 9.17) is 10.5 Å². The summed E-state index contributed by atoms with van der Waals surface area (Å²) in [5, 5.41) is 0.276. The van der Waals surface area contributed by atoms with Crippen LogP contribution in [0.5, 0.6) is 0 Å². The summed E-state index contributed by atoms with van der Waals surface area (Å²) in [6, 6.07) is 0. The minimum atomic E-state index is -3.50. The van der Waals surface area contributed by atoms with E-state index >= 15 is 0 Å². The van der Waals surface area contributed by atoms with Crippen LogP contribution in [-0.4, -0.2) is 33.7 Å². The zero-order chi connectivity index (χ0) is 14.1. The van der Waals surface area contributed by atoms with E-state index in [9.17, 15) is 8.42 Å². The van der Waals surface area contributed by atoms with Crippen LogP contribution in [0.25, 0.3) is 0 Å². The highest BCUT2D eigenvalue weighted by molar-refractivity contribution is 7.91. The highest BCUT2D eigenvalue weighted by Gasteiger charge is 2.42. The molecule has 0 amide bonds. The number of nitrogens with zero attached hydrogens (tertiary/aromatic N) is 1. The van der Waals surface area contributed by atoms with Gasteiger partial charge in [-0.05, 0) is 31.6 Å². The molecular formula is C11H19N3O3S2. The number of hydrogen-bond donors (Lipinski definition) is 2. The van der Waals surface area contributed by atoms with E-state index in [1.54, 1.807) is 14.0 Å². The largest absolute Gasteiger partial charge is 0.385 e. The molecule has 0 aromatic carbocycles. The van der Waals surface area contributed by atoms with Gasteiger partial charge in [-0.15, -0.1) is 0 Å². The number of nitrogen functional groups attached to an aromatic ring is 1. The summed E-state index contributed by atoms with van der Waals surface area (Å²) in [5.41, 5.74) is 6.07. The Morgan fingerprint density at radius 3 is 2.68 bits per heavy atom. The summed E-state index contributed by atoms with van der Waals surface area (Å²) in [6.07, 6.45) is 2.97. The second-order valence-electron chi connectivity index (χ2n) is 4.99.